The minimum Gasteiger partial charge on any atom is -0.506 e. The number of aromatic amines is 1. The molecule has 4 aromatic rings. The Morgan fingerprint density at radius 3 is 2.48 bits per heavy atom. The quantitative estimate of drug-likeness (QED) is 0.0829. The highest BCUT2D eigenvalue weighted by Gasteiger charge is 2.45. The van der Waals surface area contributed by atoms with Gasteiger partial charge in [-0.3, -0.25) is 9.69 Å². The van der Waals surface area contributed by atoms with Crippen molar-refractivity contribution in [2.75, 3.05) is 26.7 Å². The molecule has 2 atom stereocenters. The van der Waals surface area contributed by atoms with Crippen LogP contribution >= 0.6 is 0 Å². The molecule has 0 amide bonds. The number of aromatic nitrogens is 2. The van der Waals surface area contributed by atoms with Crippen LogP contribution in [0.4, 0.5) is 0 Å². The summed E-state index contributed by atoms with van der Waals surface area (Å²) in [5.41, 5.74) is 0.427. The van der Waals surface area contributed by atoms with Gasteiger partial charge in [0.15, 0.2) is 5.60 Å². The van der Waals surface area contributed by atoms with E-state index in [0.29, 0.717) is 35.4 Å². The summed E-state index contributed by atoms with van der Waals surface area (Å²) in [5.74, 6) is 1.33. The van der Waals surface area contributed by atoms with Gasteiger partial charge in [0.2, 0.25) is 11.4 Å². The number of nitrogens with one attached hydrogen (secondary N) is 2. The number of aromatic hydroxyl groups is 1. The second-order valence-corrected chi connectivity index (χ2v) is 13.0. The Balaban J connectivity index is 0.939. The smallest absolute Gasteiger partial charge is 0.248 e. The maximum Gasteiger partial charge on any atom is 0.248 e. The van der Waals surface area contributed by atoms with E-state index in [1.54, 1.807) is 18.3 Å². The van der Waals surface area contributed by atoms with Gasteiger partial charge in [0.1, 0.15) is 11.5 Å². The molecule has 1 aliphatic rings. The van der Waals surface area contributed by atoms with Crippen molar-refractivity contribution >= 4 is 10.9 Å². The average molecular weight is 631 g/mol. The first-order valence-electron chi connectivity index (χ1n) is 17.0. The number of benzene rings is 2. The van der Waals surface area contributed by atoms with Crippen LogP contribution in [0.25, 0.3) is 10.9 Å². The van der Waals surface area contributed by atoms with Crippen molar-refractivity contribution in [1.82, 2.24) is 20.2 Å². The first kappa shape index (κ1) is 33.9. The zero-order valence-corrected chi connectivity index (χ0v) is 27.1. The minimum absolute atomic E-state index is 0.00287. The Kier molecular flexibility index (Phi) is 12.0. The third kappa shape index (κ3) is 8.45. The van der Waals surface area contributed by atoms with Gasteiger partial charge < -0.3 is 30.0 Å². The molecule has 5 N–H and O–H groups in total. The molecule has 2 aromatic carbocycles. The van der Waals surface area contributed by atoms with E-state index in [-0.39, 0.29) is 17.2 Å². The predicted octanol–water partition coefficient (Wildman–Crippen LogP) is 6.13. The highest BCUT2D eigenvalue weighted by Crippen LogP contribution is 2.44. The van der Waals surface area contributed by atoms with E-state index < -0.39 is 11.7 Å². The van der Waals surface area contributed by atoms with Crippen LogP contribution < -0.4 is 10.9 Å². The molecule has 1 unspecified atom stereocenters. The van der Waals surface area contributed by atoms with Crippen molar-refractivity contribution in [2.24, 2.45) is 5.92 Å². The lowest BCUT2D eigenvalue weighted by Crippen LogP contribution is -2.35. The maximum absolute atomic E-state index is 11.9. The molecule has 5 rings (SSSR count). The fourth-order valence-electron chi connectivity index (χ4n) is 6.89. The lowest BCUT2D eigenvalue weighted by Gasteiger charge is -2.31. The van der Waals surface area contributed by atoms with Gasteiger partial charge in [0.05, 0.1) is 24.4 Å². The van der Waals surface area contributed by atoms with E-state index in [0.717, 1.165) is 69.4 Å². The lowest BCUT2D eigenvalue weighted by molar-refractivity contribution is -0.00726. The van der Waals surface area contributed by atoms with E-state index in [1.165, 1.54) is 37.8 Å². The fraction of sp³-hybridized carbons (Fsp3) is 0.514. The summed E-state index contributed by atoms with van der Waals surface area (Å²) in [6, 6.07) is 16.1. The normalized spacial score (nSPS) is 15.9. The lowest BCUT2D eigenvalue weighted by atomic mass is 9.80. The predicted molar refractivity (Wildman–Crippen MR) is 181 cm³/mol. The molecule has 0 saturated heterocycles. The number of unbranched alkanes of at least 4 members (excludes halogenated alkanes) is 6. The van der Waals surface area contributed by atoms with Crippen molar-refractivity contribution in [3.05, 3.63) is 93.9 Å². The third-order valence-corrected chi connectivity index (χ3v) is 9.46. The summed E-state index contributed by atoms with van der Waals surface area (Å²) in [7, 11) is 2.11. The monoisotopic (exact) mass is 630 g/mol. The van der Waals surface area contributed by atoms with Crippen molar-refractivity contribution in [3.8, 4) is 5.75 Å². The summed E-state index contributed by atoms with van der Waals surface area (Å²) in [6.07, 6.45) is 13.4. The highest BCUT2D eigenvalue weighted by molar-refractivity contribution is 5.87. The molecule has 0 radical (unpaired) electrons. The maximum atomic E-state index is 11.9. The zero-order valence-electron chi connectivity index (χ0n) is 27.1. The number of aliphatic hydroxyl groups is 2. The minimum atomic E-state index is -1.18. The van der Waals surface area contributed by atoms with Gasteiger partial charge in [-0.05, 0) is 69.1 Å². The van der Waals surface area contributed by atoms with Gasteiger partial charge in [-0.15, -0.1) is 0 Å². The number of fused-ring (bicyclic) bond motifs is 1. The summed E-state index contributed by atoms with van der Waals surface area (Å²) in [4.78, 5) is 21.1. The molecular weight excluding hydrogens is 580 g/mol. The van der Waals surface area contributed by atoms with Crippen LogP contribution in [0.5, 0.6) is 5.75 Å². The molecule has 1 aliphatic carbocycles. The average Bonchev–Trinajstić information content (AvgIpc) is 3.78. The number of nitrogens with zero attached hydrogens (tertiary/aromatic N) is 2. The first-order valence-corrected chi connectivity index (χ1v) is 17.0. The highest BCUT2D eigenvalue weighted by atomic mass is 16.4. The van der Waals surface area contributed by atoms with Crippen LogP contribution in [-0.4, -0.2) is 56.9 Å². The van der Waals surface area contributed by atoms with Crippen LogP contribution in [-0.2, 0) is 12.1 Å². The number of phenolic OH excluding ortho intramolecular Hbond substituents is 1. The summed E-state index contributed by atoms with van der Waals surface area (Å²) in [5, 5.41) is 36.6. The van der Waals surface area contributed by atoms with Crippen LogP contribution in [0, 0.1) is 5.92 Å². The van der Waals surface area contributed by atoms with Gasteiger partial charge in [-0.1, -0.05) is 81.3 Å². The molecular formula is C37H50N4O5. The number of rotatable bonds is 18. The molecule has 2 heterocycles. The number of hydrogen-bond donors (Lipinski definition) is 5. The van der Waals surface area contributed by atoms with Crippen molar-refractivity contribution in [1.29, 1.82) is 0 Å². The van der Waals surface area contributed by atoms with Crippen LogP contribution in [0.2, 0.25) is 0 Å². The molecule has 9 nitrogen and oxygen atoms in total. The Morgan fingerprint density at radius 2 is 1.72 bits per heavy atom. The standard InChI is InChI=1S/C37H50N4O5/c1-41(26-29-24-39-36(46-29)37(45,28-16-10-11-17-28)27-14-8-7-9-15-27)23-13-6-4-2-3-5-12-22-38-25-33(43)30-18-20-32(42)35-31(30)19-21-34(44)40-35/h7-9,14-15,18-21,24,28,33,38,42-43,45H,2-6,10-13,16-17,22-23,25-26H2,1H3,(H,40,44)/t33-,37?/m0/s1. The Bertz CT molecular complexity index is 1570. The Hall–Kier alpha value is -3.50. The molecule has 46 heavy (non-hydrogen) atoms. The molecule has 1 fully saturated rings. The fourth-order valence-corrected chi connectivity index (χ4v) is 6.89. The number of phenols is 1. The molecule has 248 valence electrons. The number of H-pyrrole nitrogens is 1. The van der Waals surface area contributed by atoms with E-state index in [4.69, 9.17) is 4.42 Å². The van der Waals surface area contributed by atoms with Crippen LogP contribution in [0.1, 0.15) is 99.5 Å². The molecule has 0 aliphatic heterocycles. The summed E-state index contributed by atoms with van der Waals surface area (Å²) in [6.45, 7) is 2.91. The van der Waals surface area contributed by atoms with Gasteiger partial charge in [-0.25, -0.2) is 4.98 Å². The molecule has 9 heteroatoms. The first-order chi connectivity index (χ1) is 22.4. The summed E-state index contributed by atoms with van der Waals surface area (Å²) >= 11 is 0. The van der Waals surface area contributed by atoms with Gasteiger partial charge >= 0.3 is 0 Å². The third-order valence-electron chi connectivity index (χ3n) is 9.46. The van der Waals surface area contributed by atoms with Gasteiger partial charge in [-0.2, -0.15) is 0 Å². The number of oxazole rings is 1. The Labute approximate surface area is 271 Å². The van der Waals surface area contributed by atoms with Gasteiger partial charge in [0, 0.05) is 23.9 Å². The molecule has 0 bridgehead atoms. The molecule has 1 saturated carbocycles. The van der Waals surface area contributed by atoms with Crippen molar-refractivity contribution < 1.29 is 19.7 Å². The second-order valence-electron chi connectivity index (χ2n) is 13.0. The SMILES string of the molecule is CN(CCCCCCCCCNC[C@H](O)c1ccc(O)c2[nH]c(=O)ccc12)Cc1cnc(C(O)(c2ccccc2)C2CCCC2)o1. The van der Waals surface area contributed by atoms with Crippen LogP contribution in [0.15, 0.2) is 70.0 Å². The Morgan fingerprint density at radius 1 is 1.00 bits per heavy atom. The summed E-state index contributed by atoms with van der Waals surface area (Å²) < 4.78 is 6.20. The van der Waals surface area contributed by atoms with Gasteiger partial charge in [0.25, 0.3) is 0 Å². The topological polar surface area (TPSA) is 135 Å². The van der Waals surface area contributed by atoms with E-state index in [2.05, 4.69) is 27.2 Å². The van der Waals surface area contributed by atoms with Crippen molar-refractivity contribution in [3.63, 3.8) is 0 Å². The van der Waals surface area contributed by atoms with E-state index in [9.17, 15) is 20.1 Å². The number of hydrogen-bond acceptors (Lipinski definition) is 8. The number of pyridine rings is 1. The van der Waals surface area contributed by atoms with E-state index in [1.807, 2.05) is 30.3 Å². The second kappa shape index (κ2) is 16.4. The largest absolute Gasteiger partial charge is 0.506 e. The van der Waals surface area contributed by atoms with Crippen LogP contribution in [0.3, 0.4) is 0 Å². The number of aliphatic hydroxyl groups excluding tert-OH is 1. The van der Waals surface area contributed by atoms with E-state index >= 15 is 0 Å². The van der Waals surface area contributed by atoms with Crippen molar-refractivity contribution in [2.45, 2.75) is 88.9 Å². The molecule has 0 spiro atoms. The zero-order chi connectivity index (χ0) is 32.4. The molecule has 2 aromatic heterocycles.